The van der Waals surface area contributed by atoms with Gasteiger partial charge in [-0.15, -0.1) is 0 Å². The summed E-state index contributed by atoms with van der Waals surface area (Å²) >= 11 is 17.6. The van der Waals surface area contributed by atoms with E-state index in [0.29, 0.717) is 26.4 Å². The van der Waals surface area contributed by atoms with E-state index in [-0.39, 0.29) is 5.57 Å². The zero-order chi connectivity index (χ0) is 16.8. The highest BCUT2D eigenvalue weighted by atomic mass is 35.5. The predicted octanol–water partition coefficient (Wildman–Crippen LogP) is 5.10. The lowest BCUT2D eigenvalue weighted by Crippen LogP contribution is -2.14. The molecule has 0 atom stereocenters. The molecule has 0 fully saturated rings. The van der Waals surface area contributed by atoms with Gasteiger partial charge in [-0.25, -0.2) is 0 Å². The number of benzene rings is 2. The molecule has 1 amide bonds. The van der Waals surface area contributed by atoms with E-state index in [2.05, 4.69) is 10.6 Å². The quantitative estimate of drug-likeness (QED) is 0.584. The fourth-order valence-electron chi connectivity index (χ4n) is 1.65. The summed E-state index contributed by atoms with van der Waals surface area (Å²) in [5.74, 6) is -0.553. The number of anilines is 2. The standard InChI is InChI=1S/C16H10Cl3N3O/c17-11-2-1-3-13(6-11)22-16(23)10(8-20)9-21-12-4-5-14(18)15(19)7-12/h1-7,9,21H,(H,22,23)/b10-9-. The van der Waals surface area contributed by atoms with Crippen LogP contribution in [-0.4, -0.2) is 5.91 Å². The van der Waals surface area contributed by atoms with Crippen LogP contribution >= 0.6 is 34.8 Å². The van der Waals surface area contributed by atoms with Crippen LogP contribution in [0.3, 0.4) is 0 Å². The Hall–Kier alpha value is -2.19. The van der Waals surface area contributed by atoms with Gasteiger partial charge >= 0.3 is 0 Å². The van der Waals surface area contributed by atoms with E-state index in [9.17, 15) is 4.79 Å². The van der Waals surface area contributed by atoms with E-state index < -0.39 is 5.91 Å². The van der Waals surface area contributed by atoms with Crippen molar-refractivity contribution in [1.82, 2.24) is 0 Å². The Balaban J connectivity index is 2.10. The fourth-order valence-corrected chi connectivity index (χ4v) is 2.14. The highest BCUT2D eigenvalue weighted by molar-refractivity contribution is 6.42. The van der Waals surface area contributed by atoms with Crippen molar-refractivity contribution in [2.75, 3.05) is 10.6 Å². The molecule has 0 saturated heterocycles. The van der Waals surface area contributed by atoms with Crippen molar-refractivity contribution in [3.8, 4) is 6.07 Å². The van der Waals surface area contributed by atoms with E-state index in [1.807, 2.05) is 6.07 Å². The van der Waals surface area contributed by atoms with Gasteiger partial charge in [-0.3, -0.25) is 4.79 Å². The molecule has 0 aliphatic heterocycles. The second kappa shape index (κ2) is 7.89. The number of nitriles is 1. The number of halogens is 3. The molecule has 7 heteroatoms. The third-order valence-electron chi connectivity index (χ3n) is 2.75. The third-order valence-corrected chi connectivity index (χ3v) is 3.72. The topological polar surface area (TPSA) is 64.9 Å². The van der Waals surface area contributed by atoms with Crippen molar-refractivity contribution in [3.05, 3.63) is 69.3 Å². The van der Waals surface area contributed by atoms with Crippen LogP contribution in [0, 0.1) is 11.3 Å². The number of rotatable bonds is 4. The van der Waals surface area contributed by atoms with Gasteiger partial charge in [0.15, 0.2) is 0 Å². The summed E-state index contributed by atoms with van der Waals surface area (Å²) in [6, 6.07) is 13.3. The first-order chi connectivity index (χ1) is 11.0. The minimum atomic E-state index is -0.553. The summed E-state index contributed by atoms with van der Waals surface area (Å²) in [6.07, 6.45) is 1.29. The molecular weight excluding hydrogens is 357 g/mol. The number of nitrogens with zero attached hydrogens (tertiary/aromatic N) is 1. The van der Waals surface area contributed by atoms with Crippen molar-refractivity contribution in [2.45, 2.75) is 0 Å². The number of hydrogen-bond donors (Lipinski definition) is 2. The molecule has 23 heavy (non-hydrogen) atoms. The Morgan fingerprint density at radius 3 is 2.48 bits per heavy atom. The summed E-state index contributed by atoms with van der Waals surface area (Å²) in [5, 5.41) is 15.8. The SMILES string of the molecule is N#C/C(=C/Nc1ccc(Cl)c(Cl)c1)C(=O)Nc1cccc(Cl)c1. The molecule has 0 unspecified atom stereocenters. The molecule has 0 spiro atoms. The van der Waals surface area contributed by atoms with E-state index in [4.69, 9.17) is 40.1 Å². The first kappa shape index (κ1) is 17.2. The van der Waals surface area contributed by atoms with Gasteiger partial charge in [0.05, 0.1) is 10.0 Å². The number of hydrogen-bond acceptors (Lipinski definition) is 3. The molecule has 116 valence electrons. The van der Waals surface area contributed by atoms with Crippen LogP contribution in [0.25, 0.3) is 0 Å². The van der Waals surface area contributed by atoms with Gasteiger partial charge in [0.1, 0.15) is 11.6 Å². The maximum absolute atomic E-state index is 12.1. The van der Waals surface area contributed by atoms with Crippen LogP contribution in [0.5, 0.6) is 0 Å². The lowest BCUT2D eigenvalue weighted by molar-refractivity contribution is -0.112. The molecule has 2 aromatic carbocycles. The van der Waals surface area contributed by atoms with E-state index in [0.717, 1.165) is 0 Å². The van der Waals surface area contributed by atoms with Crippen LogP contribution in [-0.2, 0) is 4.79 Å². The van der Waals surface area contributed by atoms with E-state index in [1.54, 1.807) is 42.5 Å². The van der Waals surface area contributed by atoms with Crippen LogP contribution in [0.4, 0.5) is 11.4 Å². The molecule has 0 aliphatic carbocycles. The molecule has 2 N–H and O–H groups in total. The summed E-state index contributed by atoms with van der Waals surface area (Å²) in [7, 11) is 0. The Morgan fingerprint density at radius 1 is 1.04 bits per heavy atom. The predicted molar refractivity (Wildman–Crippen MR) is 93.9 cm³/mol. The molecule has 2 aromatic rings. The highest BCUT2D eigenvalue weighted by Gasteiger charge is 2.09. The summed E-state index contributed by atoms with van der Waals surface area (Å²) < 4.78 is 0. The number of nitrogens with one attached hydrogen (secondary N) is 2. The van der Waals surface area contributed by atoms with Gasteiger partial charge < -0.3 is 10.6 Å². The molecule has 0 saturated carbocycles. The first-order valence-electron chi connectivity index (χ1n) is 6.38. The van der Waals surface area contributed by atoms with Gasteiger partial charge in [-0.1, -0.05) is 40.9 Å². The smallest absolute Gasteiger partial charge is 0.267 e. The third kappa shape index (κ3) is 4.90. The second-order valence-electron chi connectivity index (χ2n) is 4.41. The average Bonchev–Trinajstić information content (AvgIpc) is 2.51. The van der Waals surface area contributed by atoms with Gasteiger partial charge in [-0.2, -0.15) is 5.26 Å². The van der Waals surface area contributed by atoms with Crippen LogP contribution in [0.15, 0.2) is 54.2 Å². The summed E-state index contributed by atoms with van der Waals surface area (Å²) in [6.45, 7) is 0. The number of carbonyl (C=O) groups excluding carboxylic acids is 1. The average molecular weight is 367 g/mol. The lowest BCUT2D eigenvalue weighted by Gasteiger charge is -2.06. The van der Waals surface area contributed by atoms with Crippen LogP contribution in [0.1, 0.15) is 0 Å². The molecule has 0 aliphatic rings. The Labute approximate surface area is 148 Å². The maximum atomic E-state index is 12.1. The van der Waals surface area contributed by atoms with Gasteiger partial charge in [0, 0.05) is 22.6 Å². The Kier molecular flexibility index (Phi) is 5.89. The zero-order valence-corrected chi connectivity index (χ0v) is 13.9. The Bertz CT molecular complexity index is 812. The molecule has 0 heterocycles. The van der Waals surface area contributed by atoms with Crippen LogP contribution < -0.4 is 10.6 Å². The molecule has 0 radical (unpaired) electrons. The van der Waals surface area contributed by atoms with Crippen molar-refractivity contribution >= 4 is 52.1 Å². The molecule has 0 aromatic heterocycles. The van der Waals surface area contributed by atoms with Crippen molar-refractivity contribution in [3.63, 3.8) is 0 Å². The fraction of sp³-hybridized carbons (Fsp3) is 0. The first-order valence-corrected chi connectivity index (χ1v) is 7.52. The molecule has 2 rings (SSSR count). The van der Waals surface area contributed by atoms with Crippen molar-refractivity contribution < 1.29 is 4.79 Å². The summed E-state index contributed by atoms with van der Waals surface area (Å²) in [5.41, 5.74) is 0.997. The minimum Gasteiger partial charge on any atom is -0.360 e. The molecule has 4 nitrogen and oxygen atoms in total. The van der Waals surface area contributed by atoms with E-state index in [1.165, 1.54) is 6.20 Å². The number of carbonyl (C=O) groups is 1. The van der Waals surface area contributed by atoms with Crippen LogP contribution in [0.2, 0.25) is 15.1 Å². The van der Waals surface area contributed by atoms with Gasteiger partial charge in [0.25, 0.3) is 5.91 Å². The lowest BCUT2D eigenvalue weighted by atomic mass is 10.2. The highest BCUT2D eigenvalue weighted by Crippen LogP contribution is 2.25. The summed E-state index contributed by atoms with van der Waals surface area (Å²) in [4.78, 5) is 12.1. The second-order valence-corrected chi connectivity index (χ2v) is 5.66. The number of amides is 1. The van der Waals surface area contributed by atoms with Crippen molar-refractivity contribution in [1.29, 1.82) is 5.26 Å². The zero-order valence-electron chi connectivity index (χ0n) is 11.6. The Morgan fingerprint density at radius 2 is 1.83 bits per heavy atom. The maximum Gasteiger partial charge on any atom is 0.267 e. The van der Waals surface area contributed by atoms with E-state index >= 15 is 0 Å². The minimum absolute atomic E-state index is 0.101. The normalized spacial score (nSPS) is 10.8. The largest absolute Gasteiger partial charge is 0.360 e. The molecular formula is C16H10Cl3N3O. The van der Waals surface area contributed by atoms with Gasteiger partial charge in [0.2, 0.25) is 0 Å². The molecule has 0 bridgehead atoms. The monoisotopic (exact) mass is 365 g/mol. The van der Waals surface area contributed by atoms with Gasteiger partial charge in [-0.05, 0) is 36.4 Å². The van der Waals surface area contributed by atoms with Crippen molar-refractivity contribution in [2.24, 2.45) is 0 Å².